The molecule has 0 aliphatic carbocycles. The van der Waals surface area contributed by atoms with Gasteiger partial charge in [0.05, 0.1) is 21.1 Å². The van der Waals surface area contributed by atoms with Crippen molar-refractivity contribution in [3.63, 3.8) is 0 Å². The number of rotatable bonds is 2. The summed E-state index contributed by atoms with van der Waals surface area (Å²) in [5.41, 5.74) is 2.44. The molecule has 1 aromatic carbocycles. The Hall–Kier alpha value is -0.240. The van der Waals surface area contributed by atoms with Crippen LogP contribution in [-0.4, -0.2) is 25.6 Å². The lowest BCUT2D eigenvalue weighted by Crippen LogP contribution is -3.00. The molecule has 1 rings (SSSR count). The van der Waals surface area contributed by atoms with Crippen LogP contribution in [-0.2, 0) is 6.54 Å². The zero-order valence-electron chi connectivity index (χ0n) is 9.14. The Morgan fingerprint density at radius 2 is 1.79 bits per heavy atom. The summed E-state index contributed by atoms with van der Waals surface area (Å²) in [6.07, 6.45) is 0. The number of halogens is 2. The van der Waals surface area contributed by atoms with Gasteiger partial charge in [-0.25, -0.2) is 0 Å². The molecule has 0 unspecified atom stereocenters. The van der Waals surface area contributed by atoms with Gasteiger partial charge in [-0.3, -0.25) is 0 Å². The topological polar surface area (TPSA) is 0 Å². The van der Waals surface area contributed by atoms with E-state index in [0.29, 0.717) is 0 Å². The zero-order valence-corrected chi connectivity index (χ0v) is 10.7. The molecule has 0 fully saturated rings. The maximum atomic E-state index is 6.13. The molecule has 80 valence electrons. The van der Waals surface area contributed by atoms with Crippen LogP contribution < -0.4 is 12.4 Å². The molecule has 0 heterocycles. The molecule has 1 aromatic rings. The molecule has 0 saturated carbocycles. The van der Waals surface area contributed by atoms with E-state index in [4.69, 9.17) is 11.6 Å². The summed E-state index contributed by atoms with van der Waals surface area (Å²) in [7, 11) is 6.49. The first-order valence-electron chi connectivity index (χ1n) is 4.44. The summed E-state index contributed by atoms with van der Waals surface area (Å²) in [6, 6.07) is 6.24. The van der Waals surface area contributed by atoms with Gasteiger partial charge in [-0.2, -0.15) is 0 Å². The van der Waals surface area contributed by atoms with Crippen molar-refractivity contribution in [2.75, 3.05) is 21.1 Å². The van der Waals surface area contributed by atoms with Gasteiger partial charge in [-0.1, -0.05) is 23.7 Å². The van der Waals surface area contributed by atoms with E-state index in [0.717, 1.165) is 16.1 Å². The lowest BCUT2D eigenvalue weighted by molar-refractivity contribution is -0.883. The summed E-state index contributed by atoms with van der Waals surface area (Å²) in [5.74, 6) is 0. The van der Waals surface area contributed by atoms with Crippen LogP contribution in [0.2, 0.25) is 5.02 Å². The highest BCUT2D eigenvalue weighted by molar-refractivity contribution is 6.31. The molecule has 0 N–H and O–H groups in total. The SMILES string of the molecule is Cc1ccc(C[N+](C)(C)C)c(Cl)c1.[Cl-]. The Morgan fingerprint density at radius 3 is 2.21 bits per heavy atom. The van der Waals surface area contributed by atoms with E-state index in [-0.39, 0.29) is 12.4 Å². The van der Waals surface area contributed by atoms with E-state index in [1.165, 1.54) is 11.1 Å². The van der Waals surface area contributed by atoms with Crippen LogP contribution in [0.4, 0.5) is 0 Å². The molecule has 0 bridgehead atoms. The standard InChI is InChI=1S/C11H17ClN.ClH/c1-9-5-6-10(11(12)7-9)8-13(2,3)4;/h5-7H,8H2,1-4H3;1H/q+1;/p-1. The second-order valence-electron chi connectivity index (χ2n) is 4.54. The van der Waals surface area contributed by atoms with E-state index in [9.17, 15) is 0 Å². The van der Waals surface area contributed by atoms with Gasteiger partial charge >= 0.3 is 0 Å². The molecule has 0 amide bonds. The van der Waals surface area contributed by atoms with Crippen LogP contribution in [0.15, 0.2) is 18.2 Å². The molecule has 0 spiro atoms. The Kier molecular flexibility index (Phi) is 4.93. The quantitative estimate of drug-likeness (QED) is 0.625. The smallest absolute Gasteiger partial charge is 0.105 e. The maximum absolute atomic E-state index is 6.13. The normalized spacial score (nSPS) is 10.9. The first-order chi connectivity index (χ1) is 5.88. The second kappa shape index (κ2) is 5.01. The first-order valence-corrected chi connectivity index (χ1v) is 4.82. The van der Waals surface area contributed by atoms with Crippen LogP contribution >= 0.6 is 11.6 Å². The molecular formula is C11H17Cl2N. The van der Waals surface area contributed by atoms with Crippen LogP contribution in [0.3, 0.4) is 0 Å². The molecule has 0 atom stereocenters. The largest absolute Gasteiger partial charge is 1.00 e. The maximum Gasteiger partial charge on any atom is 0.105 e. The number of aryl methyl sites for hydroxylation is 1. The Morgan fingerprint density at radius 1 is 1.21 bits per heavy atom. The van der Waals surface area contributed by atoms with Gasteiger partial charge in [0.1, 0.15) is 6.54 Å². The number of quaternary nitrogens is 1. The third-order valence-corrected chi connectivity index (χ3v) is 2.21. The fourth-order valence-corrected chi connectivity index (χ4v) is 1.59. The van der Waals surface area contributed by atoms with Crippen LogP contribution in [0.5, 0.6) is 0 Å². The van der Waals surface area contributed by atoms with Crippen LogP contribution in [0.25, 0.3) is 0 Å². The molecule has 0 aromatic heterocycles. The van der Waals surface area contributed by atoms with E-state index >= 15 is 0 Å². The fraction of sp³-hybridized carbons (Fsp3) is 0.455. The highest BCUT2D eigenvalue weighted by atomic mass is 35.5. The zero-order chi connectivity index (χ0) is 10.1. The van der Waals surface area contributed by atoms with Crippen molar-refractivity contribution in [3.8, 4) is 0 Å². The van der Waals surface area contributed by atoms with Gasteiger partial charge in [0, 0.05) is 10.6 Å². The Balaban J connectivity index is 0.00000169. The van der Waals surface area contributed by atoms with Crippen molar-refractivity contribution in [1.29, 1.82) is 0 Å². The predicted octanol–water partition coefficient (Wildman–Crippen LogP) is -0.141. The highest BCUT2D eigenvalue weighted by Gasteiger charge is 2.11. The number of hydrogen-bond donors (Lipinski definition) is 0. The van der Waals surface area contributed by atoms with Crippen LogP contribution in [0, 0.1) is 6.92 Å². The number of nitrogens with zero attached hydrogens (tertiary/aromatic N) is 1. The van der Waals surface area contributed by atoms with Gasteiger partial charge < -0.3 is 16.9 Å². The average molecular weight is 234 g/mol. The van der Waals surface area contributed by atoms with E-state index in [2.05, 4.69) is 40.2 Å². The van der Waals surface area contributed by atoms with E-state index in [1.807, 2.05) is 6.07 Å². The van der Waals surface area contributed by atoms with E-state index in [1.54, 1.807) is 0 Å². The lowest BCUT2D eigenvalue weighted by atomic mass is 10.1. The van der Waals surface area contributed by atoms with Gasteiger partial charge in [-0.15, -0.1) is 0 Å². The summed E-state index contributed by atoms with van der Waals surface area (Å²) < 4.78 is 0.906. The minimum Gasteiger partial charge on any atom is -1.00 e. The minimum atomic E-state index is 0. The summed E-state index contributed by atoms with van der Waals surface area (Å²) >= 11 is 6.13. The molecule has 0 aliphatic heterocycles. The first kappa shape index (κ1) is 13.8. The number of hydrogen-bond acceptors (Lipinski definition) is 0. The third-order valence-electron chi connectivity index (χ3n) is 1.85. The van der Waals surface area contributed by atoms with E-state index < -0.39 is 0 Å². The van der Waals surface area contributed by atoms with Gasteiger partial charge in [0.15, 0.2) is 0 Å². The Labute approximate surface area is 97.7 Å². The fourth-order valence-electron chi connectivity index (χ4n) is 1.29. The van der Waals surface area contributed by atoms with Crippen molar-refractivity contribution in [3.05, 3.63) is 34.3 Å². The third kappa shape index (κ3) is 4.32. The lowest BCUT2D eigenvalue weighted by Gasteiger charge is -2.24. The highest BCUT2D eigenvalue weighted by Crippen LogP contribution is 2.19. The van der Waals surface area contributed by atoms with Gasteiger partial charge in [0.2, 0.25) is 0 Å². The van der Waals surface area contributed by atoms with Crippen molar-refractivity contribution < 1.29 is 16.9 Å². The van der Waals surface area contributed by atoms with Crippen molar-refractivity contribution in [1.82, 2.24) is 0 Å². The molecule has 0 radical (unpaired) electrons. The van der Waals surface area contributed by atoms with Crippen molar-refractivity contribution in [2.45, 2.75) is 13.5 Å². The Bertz CT molecular complexity index is 303. The van der Waals surface area contributed by atoms with Gasteiger partial charge in [0.25, 0.3) is 0 Å². The average Bonchev–Trinajstić information content (AvgIpc) is 1.93. The predicted molar refractivity (Wildman–Crippen MR) is 57.9 cm³/mol. The molecule has 0 aliphatic rings. The summed E-state index contributed by atoms with van der Waals surface area (Å²) in [6.45, 7) is 3.03. The van der Waals surface area contributed by atoms with Crippen molar-refractivity contribution >= 4 is 11.6 Å². The monoisotopic (exact) mass is 233 g/mol. The van der Waals surface area contributed by atoms with Crippen molar-refractivity contribution in [2.24, 2.45) is 0 Å². The number of benzene rings is 1. The summed E-state index contributed by atoms with van der Waals surface area (Å²) in [5, 5.41) is 0.882. The molecular weight excluding hydrogens is 217 g/mol. The minimum absolute atomic E-state index is 0. The van der Waals surface area contributed by atoms with Crippen LogP contribution in [0.1, 0.15) is 11.1 Å². The van der Waals surface area contributed by atoms with Gasteiger partial charge in [-0.05, 0) is 18.6 Å². The molecule has 1 nitrogen and oxygen atoms in total. The molecule has 14 heavy (non-hydrogen) atoms. The molecule has 3 heteroatoms. The molecule has 0 saturated heterocycles. The second-order valence-corrected chi connectivity index (χ2v) is 4.95. The summed E-state index contributed by atoms with van der Waals surface area (Å²) in [4.78, 5) is 0.